The van der Waals surface area contributed by atoms with Crippen LogP contribution in [0.4, 0.5) is 0 Å². The molecule has 0 amide bonds. The summed E-state index contributed by atoms with van der Waals surface area (Å²) in [5, 5.41) is 17.8. The maximum atomic E-state index is 10.5. The van der Waals surface area contributed by atoms with E-state index < -0.39 is 17.9 Å². The van der Waals surface area contributed by atoms with Crippen LogP contribution in [-0.2, 0) is 9.59 Å². The maximum Gasteiger partial charge on any atom is 0.321 e. The van der Waals surface area contributed by atoms with Crippen LogP contribution in [0.3, 0.4) is 0 Å². The van der Waals surface area contributed by atoms with Gasteiger partial charge in [-0.3, -0.25) is 10.2 Å². The fourth-order valence-corrected chi connectivity index (χ4v) is 0.889. The van der Waals surface area contributed by atoms with Gasteiger partial charge in [0.15, 0.2) is 5.96 Å². The average Bonchev–Trinajstić information content (AvgIpc) is 2.10. The lowest BCUT2D eigenvalue weighted by atomic mass is 9.99. The van der Waals surface area contributed by atoms with Crippen molar-refractivity contribution in [1.82, 2.24) is 5.32 Å². The molecule has 80 valence electrons. The quantitative estimate of drug-likeness (QED) is 0.193. The Balaban J connectivity index is 3.96. The molecule has 0 aromatic carbocycles. The largest absolute Gasteiger partial charge is 0.480 e. The van der Waals surface area contributed by atoms with Crippen LogP contribution in [0.15, 0.2) is 0 Å². The Morgan fingerprint density at radius 3 is 2.57 bits per heavy atom. The van der Waals surface area contributed by atoms with Crippen LogP contribution in [0.5, 0.6) is 0 Å². The van der Waals surface area contributed by atoms with Crippen LogP contribution < -0.4 is 16.8 Å². The third kappa shape index (κ3) is 4.41. The molecule has 14 heavy (non-hydrogen) atoms. The predicted octanol–water partition coefficient (Wildman–Crippen LogP) is -1.91. The van der Waals surface area contributed by atoms with E-state index in [-0.39, 0.29) is 18.9 Å². The number of carboxylic acid groups (broad SMARTS) is 1. The maximum absolute atomic E-state index is 10.5. The van der Waals surface area contributed by atoms with Crippen molar-refractivity contribution in [1.29, 1.82) is 5.41 Å². The second-order valence-corrected chi connectivity index (χ2v) is 2.79. The minimum atomic E-state index is -1.22. The first-order valence-electron chi connectivity index (χ1n) is 4.00. The zero-order valence-electron chi connectivity index (χ0n) is 7.56. The molecule has 7 nitrogen and oxygen atoms in total. The molecule has 0 aliphatic rings. The number of carbonyl (C=O) groups is 2. The Bertz CT molecular complexity index is 231. The van der Waals surface area contributed by atoms with Crippen LogP contribution >= 0.6 is 0 Å². The van der Waals surface area contributed by atoms with Gasteiger partial charge in [-0.05, 0) is 6.42 Å². The summed E-state index contributed by atoms with van der Waals surface area (Å²) < 4.78 is 0. The molecule has 0 saturated carbocycles. The highest BCUT2D eigenvalue weighted by Gasteiger charge is 2.23. The molecule has 7 N–H and O–H groups in total. The number of hydrogen-bond acceptors (Lipinski definition) is 4. The predicted molar refractivity (Wildman–Crippen MR) is 49.7 cm³/mol. The molecule has 0 rings (SSSR count). The van der Waals surface area contributed by atoms with Crippen LogP contribution in [0.25, 0.3) is 0 Å². The number of nitrogens with one attached hydrogen (secondary N) is 2. The Kier molecular flexibility index (Phi) is 5.23. The molecule has 0 heterocycles. The first kappa shape index (κ1) is 12.4. The summed E-state index contributed by atoms with van der Waals surface area (Å²) in [6.07, 6.45) is 0.733. The van der Waals surface area contributed by atoms with Gasteiger partial charge in [-0.2, -0.15) is 0 Å². The topological polar surface area (TPSA) is 142 Å². The van der Waals surface area contributed by atoms with Crippen LogP contribution in [0, 0.1) is 11.3 Å². The van der Waals surface area contributed by atoms with E-state index in [1.54, 1.807) is 0 Å². The lowest BCUT2D eigenvalue weighted by Gasteiger charge is -2.14. The van der Waals surface area contributed by atoms with Gasteiger partial charge in [-0.1, -0.05) is 0 Å². The molecule has 0 aromatic heterocycles. The van der Waals surface area contributed by atoms with Crippen molar-refractivity contribution in [2.75, 3.05) is 6.54 Å². The second-order valence-electron chi connectivity index (χ2n) is 2.79. The molecule has 0 fully saturated rings. The Morgan fingerprint density at radius 2 is 2.21 bits per heavy atom. The molecule has 0 aliphatic carbocycles. The molecule has 0 radical (unpaired) electrons. The van der Waals surface area contributed by atoms with Gasteiger partial charge >= 0.3 is 5.97 Å². The summed E-state index contributed by atoms with van der Waals surface area (Å²) in [6, 6.07) is -1.21. The minimum absolute atomic E-state index is 0.224. The standard InChI is InChI=1S/C7H14N4O3/c8-5(6(13)14)4(3-12)1-2-11-7(9)10/h3-5H,1-2,8H2,(H,13,14)(H4,9,10,11)/t4-,5+/m1/s1. The highest BCUT2D eigenvalue weighted by Crippen LogP contribution is 2.03. The Hall–Kier alpha value is -1.63. The molecular weight excluding hydrogens is 188 g/mol. The zero-order valence-corrected chi connectivity index (χ0v) is 7.56. The highest BCUT2D eigenvalue weighted by atomic mass is 16.4. The number of carboxylic acids is 1. The first-order valence-corrected chi connectivity index (χ1v) is 4.00. The van der Waals surface area contributed by atoms with E-state index in [1.165, 1.54) is 0 Å². The van der Waals surface area contributed by atoms with Gasteiger partial charge in [0.1, 0.15) is 12.3 Å². The van der Waals surface area contributed by atoms with Crippen molar-refractivity contribution in [3.8, 4) is 0 Å². The summed E-state index contributed by atoms with van der Waals surface area (Å²) in [5.41, 5.74) is 10.2. The first-order chi connectivity index (χ1) is 6.49. The number of aliphatic carboxylic acids is 1. The van der Waals surface area contributed by atoms with E-state index in [0.717, 1.165) is 0 Å². The van der Waals surface area contributed by atoms with Crippen LogP contribution in [-0.4, -0.2) is 35.9 Å². The number of carbonyl (C=O) groups excluding carboxylic acids is 1. The molecule has 2 atom stereocenters. The number of nitrogens with two attached hydrogens (primary N) is 2. The van der Waals surface area contributed by atoms with Crippen molar-refractivity contribution < 1.29 is 14.7 Å². The molecule has 7 heteroatoms. The Labute approximate surface area is 81.0 Å². The number of guanidine groups is 1. The highest BCUT2D eigenvalue weighted by molar-refractivity contribution is 5.78. The van der Waals surface area contributed by atoms with Gasteiger partial charge in [0.2, 0.25) is 0 Å². The van der Waals surface area contributed by atoms with Gasteiger partial charge < -0.3 is 26.7 Å². The van der Waals surface area contributed by atoms with E-state index in [9.17, 15) is 9.59 Å². The Morgan fingerprint density at radius 1 is 1.64 bits per heavy atom. The van der Waals surface area contributed by atoms with E-state index >= 15 is 0 Å². The number of aldehydes is 1. The summed E-state index contributed by atoms with van der Waals surface area (Å²) in [4.78, 5) is 20.9. The van der Waals surface area contributed by atoms with Crippen molar-refractivity contribution in [3.63, 3.8) is 0 Å². The van der Waals surface area contributed by atoms with E-state index in [2.05, 4.69) is 5.32 Å². The van der Waals surface area contributed by atoms with Crippen LogP contribution in [0.1, 0.15) is 6.42 Å². The smallest absolute Gasteiger partial charge is 0.321 e. The number of hydrogen-bond donors (Lipinski definition) is 5. The molecule has 0 aromatic rings. The lowest BCUT2D eigenvalue weighted by Crippen LogP contribution is -2.41. The van der Waals surface area contributed by atoms with Crippen molar-refractivity contribution >= 4 is 18.2 Å². The van der Waals surface area contributed by atoms with E-state index in [0.29, 0.717) is 6.29 Å². The van der Waals surface area contributed by atoms with Crippen molar-refractivity contribution in [2.45, 2.75) is 12.5 Å². The van der Waals surface area contributed by atoms with Crippen LogP contribution in [0.2, 0.25) is 0 Å². The second kappa shape index (κ2) is 5.92. The SMILES string of the molecule is N=C(N)NCC[C@H](C=O)[C@H](N)C(=O)O. The van der Waals surface area contributed by atoms with E-state index in [1.807, 2.05) is 0 Å². The normalized spacial score (nSPS) is 14.1. The fourth-order valence-electron chi connectivity index (χ4n) is 0.889. The third-order valence-electron chi connectivity index (χ3n) is 1.71. The molecular formula is C7H14N4O3. The molecule has 0 saturated heterocycles. The summed E-state index contributed by atoms with van der Waals surface area (Å²) in [5.74, 6) is -2.21. The summed E-state index contributed by atoms with van der Waals surface area (Å²) >= 11 is 0. The van der Waals surface area contributed by atoms with Gasteiger partial charge in [-0.15, -0.1) is 0 Å². The molecule has 0 aliphatic heterocycles. The van der Waals surface area contributed by atoms with E-state index in [4.69, 9.17) is 22.0 Å². The zero-order chi connectivity index (χ0) is 11.1. The van der Waals surface area contributed by atoms with Gasteiger partial charge in [-0.25, -0.2) is 0 Å². The van der Waals surface area contributed by atoms with Gasteiger partial charge in [0.05, 0.1) is 0 Å². The van der Waals surface area contributed by atoms with Crippen molar-refractivity contribution in [3.05, 3.63) is 0 Å². The summed E-state index contributed by atoms with van der Waals surface area (Å²) in [6.45, 7) is 0.250. The number of rotatable bonds is 6. The monoisotopic (exact) mass is 202 g/mol. The molecule has 0 unspecified atom stereocenters. The van der Waals surface area contributed by atoms with Crippen molar-refractivity contribution in [2.24, 2.45) is 17.4 Å². The van der Waals surface area contributed by atoms with Gasteiger partial charge in [0.25, 0.3) is 0 Å². The van der Waals surface area contributed by atoms with Gasteiger partial charge in [0, 0.05) is 12.5 Å². The third-order valence-corrected chi connectivity index (χ3v) is 1.71. The average molecular weight is 202 g/mol. The summed E-state index contributed by atoms with van der Waals surface area (Å²) in [7, 11) is 0. The fraction of sp³-hybridized carbons (Fsp3) is 0.571. The molecule has 0 spiro atoms. The minimum Gasteiger partial charge on any atom is -0.480 e. The lowest BCUT2D eigenvalue weighted by molar-refractivity contribution is -0.141. The molecule has 0 bridgehead atoms.